The fourth-order valence-corrected chi connectivity index (χ4v) is 2.86. The molecule has 0 aromatic carbocycles. The number of hydrogen-bond acceptors (Lipinski definition) is 6. The van der Waals surface area contributed by atoms with Gasteiger partial charge in [-0.15, -0.1) is 0 Å². The minimum atomic E-state index is -4.62. The van der Waals surface area contributed by atoms with Crippen molar-refractivity contribution >= 4 is 34.1 Å². The maximum atomic E-state index is 12.7. The highest BCUT2D eigenvalue weighted by atomic mass is 35.5. The second-order valence-electron chi connectivity index (χ2n) is 4.44. The molecule has 2 aromatic rings. The summed E-state index contributed by atoms with van der Waals surface area (Å²) in [5, 5.41) is 15.0. The minimum absolute atomic E-state index is 0.0666. The van der Waals surface area contributed by atoms with Crippen molar-refractivity contribution in [3.8, 4) is 5.82 Å². The lowest BCUT2D eigenvalue weighted by Gasteiger charge is -2.10. The predicted octanol–water partition coefficient (Wildman–Crippen LogP) is 1.35. The van der Waals surface area contributed by atoms with Gasteiger partial charge in [-0.25, -0.2) is 4.98 Å². The number of rotatable bonds is 3. The Balaban J connectivity index is 2.68. The lowest BCUT2D eigenvalue weighted by atomic mass is 10.3. The van der Waals surface area contributed by atoms with Crippen LogP contribution in [0.2, 0.25) is 5.02 Å². The van der Waals surface area contributed by atoms with E-state index in [0.717, 1.165) is 4.68 Å². The van der Waals surface area contributed by atoms with Crippen LogP contribution in [0.5, 0.6) is 0 Å². The number of nitrogens with zero attached hydrogens (tertiary/aromatic N) is 4. The largest absolute Gasteiger partial charge is 0.417 e. The van der Waals surface area contributed by atoms with Gasteiger partial charge in [0.2, 0.25) is 0 Å². The summed E-state index contributed by atoms with van der Waals surface area (Å²) in [5.41, 5.74) is 10.0. The lowest BCUT2D eigenvalue weighted by Crippen LogP contribution is -2.16. The highest BCUT2D eigenvalue weighted by Gasteiger charge is 2.32. The van der Waals surface area contributed by atoms with Gasteiger partial charge in [-0.05, 0) is 6.07 Å². The Morgan fingerprint density at radius 3 is 2.58 bits per heavy atom. The Labute approximate surface area is 140 Å². The van der Waals surface area contributed by atoms with Crippen molar-refractivity contribution in [3.63, 3.8) is 0 Å². The van der Waals surface area contributed by atoms with Crippen LogP contribution in [0.3, 0.4) is 0 Å². The molecule has 8 nitrogen and oxygen atoms in total. The van der Waals surface area contributed by atoms with Crippen LogP contribution in [-0.2, 0) is 17.0 Å². The average Bonchev–Trinajstić information content (AvgIpc) is 2.83. The number of halogens is 4. The monoisotopic (exact) mass is 382 g/mol. The lowest BCUT2D eigenvalue weighted by molar-refractivity contribution is -0.137. The summed E-state index contributed by atoms with van der Waals surface area (Å²) in [4.78, 5) is 3.53. The van der Waals surface area contributed by atoms with Crippen molar-refractivity contribution in [2.75, 3.05) is 12.0 Å². The highest BCUT2D eigenvalue weighted by Crippen LogP contribution is 2.33. The normalized spacial score (nSPS) is 14.0. The van der Waals surface area contributed by atoms with E-state index in [-0.39, 0.29) is 22.2 Å². The van der Waals surface area contributed by atoms with Crippen LogP contribution in [0, 0.1) is 0 Å². The number of hydrogen-bond donors (Lipinski definition) is 3. The van der Waals surface area contributed by atoms with E-state index in [1.54, 1.807) is 0 Å². The van der Waals surface area contributed by atoms with Crippen molar-refractivity contribution in [2.24, 2.45) is 10.9 Å². The molecule has 0 radical (unpaired) electrons. The van der Waals surface area contributed by atoms with Gasteiger partial charge in [0.15, 0.2) is 11.7 Å². The molecule has 2 heterocycles. The summed E-state index contributed by atoms with van der Waals surface area (Å²) < 4.78 is 50.7. The molecule has 0 saturated heterocycles. The summed E-state index contributed by atoms with van der Waals surface area (Å²) in [6.45, 7) is 0. The third-order valence-electron chi connectivity index (χ3n) is 2.86. The van der Waals surface area contributed by atoms with Crippen LogP contribution in [0.1, 0.15) is 11.3 Å². The summed E-state index contributed by atoms with van der Waals surface area (Å²) >= 11 is 5.83. The molecule has 0 amide bonds. The molecule has 24 heavy (non-hydrogen) atoms. The molecule has 1 unspecified atom stereocenters. The number of aromatic nitrogens is 3. The molecule has 0 fully saturated rings. The minimum Gasteiger partial charge on any atom is -0.409 e. The van der Waals surface area contributed by atoms with Crippen LogP contribution in [0.25, 0.3) is 5.82 Å². The Hall–Kier alpha value is -2.34. The molecular weight excluding hydrogens is 373 g/mol. The van der Waals surface area contributed by atoms with E-state index in [9.17, 15) is 17.4 Å². The third kappa shape index (κ3) is 3.14. The summed E-state index contributed by atoms with van der Waals surface area (Å²) in [6, 6.07) is 0.650. The molecule has 2 rings (SSSR count). The number of alkyl halides is 3. The first-order valence-corrected chi connectivity index (χ1v) is 7.94. The van der Waals surface area contributed by atoms with E-state index in [0.29, 0.717) is 12.3 Å². The first kappa shape index (κ1) is 18.0. The molecule has 0 spiro atoms. The fraction of sp³-hybridized carbons (Fsp3) is 0.182. The van der Waals surface area contributed by atoms with Gasteiger partial charge < -0.3 is 16.7 Å². The molecule has 0 bridgehead atoms. The Morgan fingerprint density at radius 1 is 1.50 bits per heavy atom. The number of nitrogen functional groups attached to an aromatic ring is 1. The smallest absolute Gasteiger partial charge is 0.409 e. The van der Waals surface area contributed by atoms with E-state index in [4.69, 9.17) is 28.3 Å². The Bertz CT molecular complexity index is 851. The SMILES string of the molecule is CS(=O)c1c(/C(N)=N\O)nn(-c2ncc(C(F)(F)F)cc2Cl)c1N. The zero-order valence-electron chi connectivity index (χ0n) is 11.9. The maximum Gasteiger partial charge on any atom is 0.417 e. The predicted molar refractivity (Wildman–Crippen MR) is 80.6 cm³/mol. The Morgan fingerprint density at radius 2 is 2.12 bits per heavy atom. The van der Waals surface area contributed by atoms with E-state index in [1.807, 2.05) is 0 Å². The molecule has 0 aliphatic rings. The summed E-state index contributed by atoms with van der Waals surface area (Å²) in [5.74, 6) is -0.925. The van der Waals surface area contributed by atoms with Gasteiger partial charge in [0, 0.05) is 12.5 Å². The second-order valence-corrected chi connectivity index (χ2v) is 6.17. The van der Waals surface area contributed by atoms with Gasteiger partial charge in [-0.3, -0.25) is 4.21 Å². The van der Waals surface area contributed by atoms with Crippen molar-refractivity contribution < 1.29 is 22.6 Å². The molecule has 130 valence electrons. The molecule has 5 N–H and O–H groups in total. The Kier molecular flexibility index (Phi) is 4.71. The van der Waals surface area contributed by atoms with Crippen molar-refractivity contribution in [1.82, 2.24) is 14.8 Å². The van der Waals surface area contributed by atoms with Crippen molar-refractivity contribution in [2.45, 2.75) is 11.1 Å². The molecule has 2 aromatic heterocycles. The van der Waals surface area contributed by atoms with Crippen molar-refractivity contribution in [3.05, 3.63) is 28.5 Å². The van der Waals surface area contributed by atoms with Crippen LogP contribution in [0.15, 0.2) is 22.3 Å². The van der Waals surface area contributed by atoms with E-state index < -0.39 is 33.4 Å². The summed E-state index contributed by atoms with van der Waals surface area (Å²) in [6.07, 6.45) is -2.80. The number of oxime groups is 1. The topological polar surface area (TPSA) is 132 Å². The van der Waals surface area contributed by atoms with Crippen LogP contribution < -0.4 is 11.5 Å². The second kappa shape index (κ2) is 6.28. The number of amidine groups is 1. The number of anilines is 1. The van der Waals surface area contributed by atoms with Gasteiger partial charge in [-0.2, -0.15) is 23.0 Å². The van der Waals surface area contributed by atoms with E-state index in [2.05, 4.69) is 15.2 Å². The zero-order chi connectivity index (χ0) is 18.2. The van der Waals surface area contributed by atoms with E-state index >= 15 is 0 Å². The van der Waals surface area contributed by atoms with Crippen LogP contribution >= 0.6 is 11.6 Å². The van der Waals surface area contributed by atoms with Gasteiger partial charge in [-0.1, -0.05) is 16.8 Å². The molecule has 13 heteroatoms. The molecular formula is C11H10ClF3N6O2S. The first-order chi connectivity index (χ1) is 11.1. The van der Waals surface area contributed by atoms with Crippen LogP contribution in [-0.4, -0.2) is 36.3 Å². The highest BCUT2D eigenvalue weighted by molar-refractivity contribution is 7.84. The van der Waals surface area contributed by atoms with Crippen LogP contribution in [0.4, 0.5) is 19.0 Å². The molecule has 0 aliphatic carbocycles. The molecule has 0 saturated carbocycles. The van der Waals surface area contributed by atoms with E-state index in [1.165, 1.54) is 6.26 Å². The van der Waals surface area contributed by atoms with Crippen molar-refractivity contribution in [1.29, 1.82) is 0 Å². The van der Waals surface area contributed by atoms with Gasteiger partial charge in [0.05, 0.1) is 21.4 Å². The van der Waals surface area contributed by atoms with Gasteiger partial charge in [0.25, 0.3) is 0 Å². The number of nitrogens with two attached hydrogens (primary N) is 2. The molecule has 1 atom stereocenters. The van der Waals surface area contributed by atoms with Gasteiger partial charge in [0.1, 0.15) is 16.4 Å². The third-order valence-corrected chi connectivity index (χ3v) is 4.12. The summed E-state index contributed by atoms with van der Waals surface area (Å²) in [7, 11) is -1.68. The molecule has 0 aliphatic heterocycles. The van der Waals surface area contributed by atoms with Gasteiger partial charge >= 0.3 is 6.18 Å². The average molecular weight is 383 g/mol. The zero-order valence-corrected chi connectivity index (χ0v) is 13.4. The quantitative estimate of drug-likeness (QED) is 0.318. The first-order valence-electron chi connectivity index (χ1n) is 6.00. The number of pyridine rings is 1. The standard InChI is InChI=1S/C11H10ClF3N6O2S/c1-24(23)7-6(8(16)20-22)19-21(9(7)17)10-5(12)2-4(3-18-10)11(13,14)15/h2-3,22H,17H2,1H3,(H2,16,20). The maximum absolute atomic E-state index is 12.7. The fourth-order valence-electron chi connectivity index (χ4n) is 1.82.